The largest absolute Gasteiger partial charge is 0.497 e. The van der Waals surface area contributed by atoms with Gasteiger partial charge in [-0.1, -0.05) is 6.07 Å². The van der Waals surface area contributed by atoms with E-state index in [1.54, 1.807) is 50.6 Å². The van der Waals surface area contributed by atoms with Crippen molar-refractivity contribution in [2.45, 2.75) is 13.0 Å². The predicted octanol–water partition coefficient (Wildman–Crippen LogP) is 2.83. The van der Waals surface area contributed by atoms with Gasteiger partial charge in [-0.05, 0) is 43.3 Å². The van der Waals surface area contributed by atoms with Crippen molar-refractivity contribution in [3.8, 4) is 23.3 Å². The van der Waals surface area contributed by atoms with Crippen molar-refractivity contribution >= 4 is 5.91 Å². The fourth-order valence-electron chi connectivity index (χ4n) is 2.34. The molecule has 1 amide bonds. The lowest BCUT2D eigenvalue weighted by Crippen LogP contribution is -2.31. The number of carbonyl (C=O) groups is 1. The van der Waals surface area contributed by atoms with Crippen molar-refractivity contribution in [2.75, 3.05) is 20.8 Å². The highest BCUT2D eigenvalue weighted by atomic mass is 16.5. The van der Waals surface area contributed by atoms with E-state index in [4.69, 9.17) is 19.5 Å². The van der Waals surface area contributed by atoms with E-state index < -0.39 is 0 Å². The van der Waals surface area contributed by atoms with Crippen LogP contribution in [0.4, 0.5) is 0 Å². The van der Waals surface area contributed by atoms with Gasteiger partial charge in [0.05, 0.1) is 31.9 Å². The molecule has 6 heteroatoms. The first-order valence-corrected chi connectivity index (χ1v) is 7.71. The van der Waals surface area contributed by atoms with E-state index in [9.17, 15) is 4.79 Å². The molecule has 0 unspecified atom stereocenters. The number of hydrogen-bond acceptors (Lipinski definition) is 5. The van der Waals surface area contributed by atoms with Crippen LogP contribution in [0.15, 0.2) is 42.5 Å². The Morgan fingerprint density at radius 1 is 1.16 bits per heavy atom. The van der Waals surface area contributed by atoms with Gasteiger partial charge in [-0.2, -0.15) is 5.26 Å². The summed E-state index contributed by atoms with van der Waals surface area (Å²) in [5.74, 6) is 1.54. The van der Waals surface area contributed by atoms with Gasteiger partial charge in [-0.3, -0.25) is 4.79 Å². The molecular weight excluding hydrogens is 320 g/mol. The highest BCUT2D eigenvalue weighted by molar-refractivity contribution is 5.78. The van der Waals surface area contributed by atoms with E-state index in [0.29, 0.717) is 22.8 Å². The number of ether oxygens (including phenoxy) is 3. The molecule has 2 rings (SSSR count). The van der Waals surface area contributed by atoms with Crippen LogP contribution >= 0.6 is 0 Å². The predicted molar refractivity (Wildman–Crippen MR) is 92.8 cm³/mol. The SMILES string of the molecule is COc1ccc(OC)c([C@H](C)NC(=O)COc2cccc(C#N)c2)c1. The smallest absolute Gasteiger partial charge is 0.258 e. The van der Waals surface area contributed by atoms with Gasteiger partial charge < -0.3 is 19.5 Å². The molecule has 2 aromatic carbocycles. The molecule has 0 saturated heterocycles. The minimum atomic E-state index is -0.286. The first-order valence-electron chi connectivity index (χ1n) is 7.71. The number of nitriles is 1. The molecule has 0 aliphatic carbocycles. The standard InChI is InChI=1S/C19H20N2O4/c1-13(17-10-15(23-2)7-8-18(17)24-3)21-19(22)12-25-16-6-4-5-14(9-16)11-20/h4-10,13H,12H2,1-3H3,(H,21,22)/t13-/m0/s1. The molecule has 0 bridgehead atoms. The Hall–Kier alpha value is -3.20. The normalized spacial score (nSPS) is 11.1. The summed E-state index contributed by atoms with van der Waals surface area (Å²) in [6.45, 7) is 1.71. The van der Waals surface area contributed by atoms with Crippen LogP contribution in [0.25, 0.3) is 0 Å². The van der Waals surface area contributed by atoms with E-state index in [-0.39, 0.29) is 18.6 Å². The van der Waals surface area contributed by atoms with Crippen LogP contribution in [-0.4, -0.2) is 26.7 Å². The number of carbonyl (C=O) groups excluding carboxylic acids is 1. The summed E-state index contributed by atoms with van der Waals surface area (Å²) >= 11 is 0. The Morgan fingerprint density at radius 2 is 1.96 bits per heavy atom. The second kappa shape index (κ2) is 8.60. The average molecular weight is 340 g/mol. The summed E-state index contributed by atoms with van der Waals surface area (Å²) in [5, 5.41) is 11.7. The van der Waals surface area contributed by atoms with Crippen LogP contribution in [0.2, 0.25) is 0 Å². The molecular formula is C19H20N2O4. The van der Waals surface area contributed by atoms with Gasteiger partial charge in [-0.15, -0.1) is 0 Å². The molecule has 0 heterocycles. The maximum atomic E-state index is 12.1. The Kier molecular flexibility index (Phi) is 6.24. The van der Waals surface area contributed by atoms with Crippen LogP contribution in [0.3, 0.4) is 0 Å². The van der Waals surface area contributed by atoms with E-state index in [0.717, 1.165) is 5.56 Å². The van der Waals surface area contributed by atoms with Gasteiger partial charge in [0.25, 0.3) is 5.91 Å². The molecule has 0 spiro atoms. The molecule has 1 atom stereocenters. The number of methoxy groups -OCH3 is 2. The number of benzene rings is 2. The van der Waals surface area contributed by atoms with Crippen molar-refractivity contribution in [2.24, 2.45) is 0 Å². The third kappa shape index (κ3) is 4.88. The maximum absolute atomic E-state index is 12.1. The van der Waals surface area contributed by atoms with E-state index in [1.807, 2.05) is 19.1 Å². The van der Waals surface area contributed by atoms with Crippen molar-refractivity contribution in [3.05, 3.63) is 53.6 Å². The van der Waals surface area contributed by atoms with Gasteiger partial charge in [0, 0.05) is 5.56 Å². The lowest BCUT2D eigenvalue weighted by Gasteiger charge is -2.18. The molecule has 0 aliphatic rings. The second-order valence-corrected chi connectivity index (χ2v) is 5.33. The van der Waals surface area contributed by atoms with Crippen molar-refractivity contribution in [1.82, 2.24) is 5.32 Å². The molecule has 2 aromatic rings. The first kappa shape index (κ1) is 18.1. The Labute approximate surface area is 146 Å². The highest BCUT2D eigenvalue weighted by Gasteiger charge is 2.15. The third-order valence-electron chi connectivity index (χ3n) is 3.61. The Bertz CT molecular complexity index is 783. The van der Waals surface area contributed by atoms with Gasteiger partial charge in [0.15, 0.2) is 6.61 Å². The van der Waals surface area contributed by atoms with E-state index in [2.05, 4.69) is 5.32 Å². The van der Waals surface area contributed by atoms with Crippen LogP contribution in [-0.2, 0) is 4.79 Å². The summed E-state index contributed by atoms with van der Waals surface area (Å²) in [6.07, 6.45) is 0. The zero-order chi connectivity index (χ0) is 18.2. The molecule has 6 nitrogen and oxygen atoms in total. The van der Waals surface area contributed by atoms with Crippen LogP contribution in [0, 0.1) is 11.3 Å². The summed E-state index contributed by atoms with van der Waals surface area (Å²) in [7, 11) is 3.16. The van der Waals surface area contributed by atoms with Crippen molar-refractivity contribution in [3.63, 3.8) is 0 Å². The summed E-state index contributed by atoms with van der Waals surface area (Å²) in [4.78, 5) is 12.1. The topological polar surface area (TPSA) is 80.6 Å². The van der Waals surface area contributed by atoms with E-state index >= 15 is 0 Å². The Morgan fingerprint density at radius 3 is 2.64 bits per heavy atom. The van der Waals surface area contributed by atoms with Gasteiger partial charge >= 0.3 is 0 Å². The third-order valence-corrected chi connectivity index (χ3v) is 3.61. The lowest BCUT2D eigenvalue weighted by molar-refractivity contribution is -0.123. The molecule has 0 aromatic heterocycles. The number of rotatable bonds is 7. The molecule has 130 valence electrons. The monoisotopic (exact) mass is 340 g/mol. The summed E-state index contributed by atoms with van der Waals surface area (Å²) in [6, 6.07) is 13.8. The molecule has 1 N–H and O–H groups in total. The van der Waals surface area contributed by atoms with Crippen molar-refractivity contribution in [1.29, 1.82) is 5.26 Å². The van der Waals surface area contributed by atoms with Gasteiger partial charge in [0.1, 0.15) is 17.2 Å². The molecule has 25 heavy (non-hydrogen) atoms. The minimum Gasteiger partial charge on any atom is -0.497 e. The average Bonchev–Trinajstić information content (AvgIpc) is 2.65. The van der Waals surface area contributed by atoms with Gasteiger partial charge in [0.2, 0.25) is 0 Å². The van der Waals surface area contributed by atoms with E-state index in [1.165, 1.54) is 0 Å². The van der Waals surface area contributed by atoms with Crippen molar-refractivity contribution < 1.29 is 19.0 Å². The summed E-state index contributed by atoms with van der Waals surface area (Å²) in [5.41, 5.74) is 1.29. The lowest BCUT2D eigenvalue weighted by atomic mass is 10.1. The van der Waals surface area contributed by atoms with Crippen LogP contribution in [0.1, 0.15) is 24.1 Å². The fourth-order valence-corrected chi connectivity index (χ4v) is 2.34. The van der Waals surface area contributed by atoms with Gasteiger partial charge in [-0.25, -0.2) is 0 Å². The second-order valence-electron chi connectivity index (χ2n) is 5.33. The first-order chi connectivity index (χ1) is 12.1. The Balaban J connectivity index is 1.99. The zero-order valence-corrected chi connectivity index (χ0v) is 14.4. The molecule has 0 saturated carbocycles. The molecule has 0 aliphatic heterocycles. The quantitative estimate of drug-likeness (QED) is 0.838. The number of nitrogens with one attached hydrogen (secondary N) is 1. The number of hydrogen-bond donors (Lipinski definition) is 1. The maximum Gasteiger partial charge on any atom is 0.258 e. The fraction of sp³-hybridized carbons (Fsp3) is 0.263. The summed E-state index contributed by atoms with van der Waals surface area (Å²) < 4.78 is 16.0. The number of nitrogens with zero attached hydrogens (tertiary/aromatic N) is 1. The minimum absolute atomic E-state index is 0.147. The number of amides is 1. The zero-order valence-electron chi connectivity index (χ0n) is 14.4. The highest BCUT2D eigenvalue weighted by Crippen LogP contribution is 2.29. The molecule has 0 radical (unpaired) electrons. The van der Waals surface area contributed by atoms with Crippen LogP contribution in [0.5, 0.6) is 17.2 Å². The molecule has 0 fully saturated rings. The van der Waals surface area contributed by atoms with Crippen LogP contribution < -0.4 is 19.5 Å².